The minimum atomic E-state index is 1.01. The average molecular weight is 98.2 g/mol. The highest BCUT2D eigenvalue weighted by Crippen LogP contribution is 1.78. The summed E-state index contributed by atoms with van der Waals surface area (Å²) in [5, 5.41) is 0. The van der Waals surface area contributed by atoms with Crippen molar-refractivity contribution in [2.75, 3.05) is 6.54 Å². The van der Waals surface area contributed by atoms with E-state index in [1.165, 1.54) is 0 Å². The molecule has 0 aliphatic rings. The number of hydrogen-bond acceptors (Lipinski definition) is 0. The molecule has 0 aromatic carbocycles. The minimum absolute atomic E-state index is 1.01. The van der Waals surface area contributed by atoms with Crippen molar-refractivity contribution in [1.29, 1.82) is 0 Å². The van der Waals surface area contributed by atoms with Gasteiger partial charge in [-0.1, -0.05) is 0 Å². The van der Waals surface area contributed by atoms with Crippen LogP contribution in [0, 0.1) is 11.8 Å². The molecule has 0 atom stereocenters. The zero-order chi connectivity index (χ0) is 5.54. The number of quaternary nitrogens is 1. The topological polar surface area (TPSA) is 27.6 Å². The lowest BCUT2D eigenvalue weighted by Crippen LogP contribution is -2.49. The van der Waals surface area contributed by atoms with Gasteiger partial charge in [-0.2, -0.15) is 0 Å². The zero-order valence-corrected chi connectivity index (χ0v) is 4.83. The minimum Gasteiger partial charge on any atom is -0.358 e. The fraction of sp³-hybridized carbons (Fsp3) is 0.667. The third kappa shape index (κ3) is 5.52. The quantitative estimate of drug-likeness (QED) is 0.373. The van der Waals surface area contributed by atoms with Gasteiger partial charge < -0.3 is 5.73 Å². The lowest BCUT2D eigenvalue weighted by Gasteiger charge is -1.78. The molecule has 3 N–H and O–H groups in total. The van der Waals surface area contributed by atoms with Crippen LogP contribution in [0.5, 0.6) is 0 Å². The van der Waals surface area contributed by atoms with Crippen LogP contribution in [0.4, 0.5) is 0 Å². The van der Waals surface area contributed by atoms with Gasteiger partial charge in [-0.05, 0) is 6.92 Å². The molecule has 0 rings (SSSR count). The van der Waals surface area contributed by atoms with Crippen LogP contribution >= 0.6 is 0 Å². The maximum Gasteiger partial charge on any atom is 0.0749 e. The Labute approximate surface area is 44.9 Å². The Morgan fingerprint density at radius 3 is 2.71 bits per heavy atom. The fourth-order valence-electron chi connectivity index (χ4n) is 0.338. The summed E-state index contributed by atoms with van der Waals surface area (Å²) in [6, 6.07) is 0. The van der Waals surface area contributed by atoms with Crippen LogP contribution in [-0.2, 0) is 0 Å². The fourth-order valence-corrected chi connectivity index (χ4v) is 0.338. The molecule has 0 heterocycles. The summed E-state index contributed by atoms with van der Waals surface area (Å²) in [5.41, 5.74) is 3.69. The van der Waals surface area contributed by atoms with E-state index in [1.54, 1.807) is 0 Å². The second-order valence-corrected chi connectivity index (χ2v) is 1.38. The number of hydrogen-bond donors (Lipinski definition) is 1. The molecule has 7 heavy (non-hydrogen) atoms. The molecule has 0 unspecified atom stereocenters. The maximum atomic E-state index is 3.69. The van der Waals surface area contributed by atoms with E-state index in [-0.39, 0.29) is 0 Å². The van der Waals surface area contributed by atoms with Crippen LogP contribution in [0.15, 0.2) is 0 Å². The third-order valence-electron chi connectivity index (χ3n) is 0.729. The maximum absolute atomic E-state index is 3.69. The van der Waals surface area contributed by atoms with Gasteiger partial charge >= 0.3 is 0 Å². The van der Waals surface area contributed by atoms with Gasteiger partial charge in [-0.25, -0.2) is 0 Å². The lowest BCUT2D eigenvalue weighted by molar-refractivity contribution is -0.368. The Balaban J connectivity index is 2.78. The summed E-state index contributed by atoms with van der Waals surface area (Å²) in [6.07, 6.45) is 2.15. The van der Waals surface area contributed by atoms with Gasteiger partial charge in [0.2, 0.25) is 0 Å². The van der Waals surface area contributed by atoms with E-state index in [4.69, 9.17) is 0 Å². The molecule has 0 spiro atoms. The third-order valence-corrected chi connectivity index (χ3v) is 0.729. The Morgan fingerprint density at radius 1 is 1.57 bits per heavy atom. The Kier molecular flexibility index (Phi) is 5.14. The Bertz CT molecular complexity index is 75.9. The van der Waals surface area contributed by atoms with E-state index in [0.717, 1.165) is 19.4 Å². The predicted molar refractivity (Wildman–Crippen MR) is 30.4 cm³/mol. The SMILES string of the molecule is CC#CCCC[NH3+]. The van der Waals surface area contributed by atoms with Gasteiger partial charge in [-0.3, -0.25) is 0 Å². The van der Waals surface area contributed by atoms with Crippen LogP contribution in [0.2, 0.25) is 0 Å². The summed E-state index contributed by atoms with van der Waals surface area (Å²) >= 11 is 0. The number of unbranched alkanes of at least 4 members (excludes halogenated alkanes) is 1. The first-order valence-electron chi connectivity index (χ1n) is 2.60. The normalized spacial score (nSPS) is 7.14. The standard InChI is InChI=1S/C6H11N/c1-2-3-4-5-6-7/h4-7H2,1H3/p+1. The Morgan fingerprint density at radius 2 is 2.29 bits per heavy atom. The highest BCUT2D eigenvalue weighted by Gasteiger charge is 1.75. The largest absolute Gasteiger partial charge is 0.358 e. The smallest absolute Gasteiger partial charge is 0.0749 e. The summed E-state index contributed by atoms with van der Waals surface area (Å²) in [4.78, 5) is 0. The van der Waals surface area contributed by atoms with E-state index in [1.807, 2.05) is 6.92 Å². The molecule has 0 aliphatic carbocycles. The van der Waals surface area contributed by atoms with Gasteiger partial charge in [-0.15, -0.1) is 11.8 Å². The van der Waals surface area contributed by atoms with Crippen molar-refractivity contribution < 1.29 is 5.73 Å². The van der Waals surface area contributed by atoms with Crippen molar-refractivity contribution in [1.82, 2.24) is 0 Å². The van der Waals surface area contributed by atoms with Crippen molar-refractivity contribution in [3.8, 4) is 11.8 Å². The summed E-state index contributed by atoms with van der Waals surface area (Å²) < 4.78 is 0. The van der Waals surface area contributed by atoms with Crippen LogP contribution in [0.1, 0.15) is 19.8 Å². The van der Waals surface area contributed by atoms with Crippen molar-refractivity contribution in [2.24, 2.45) is 0 Å². The highest BCUT2D eigenvalue weighted by atomic mass is 14.5. The molecule has 0 aromatic rings. The molecule has 0 aliphatic heterocycles. The first-order chi connectivity index (χ1) is 3.41. The first kappa shape index (κ1) is 6.52. The molecule has 0 aromatic heterocycles. The highest BCUT2D eigenvalue weighted by molar-refractivity contribution is 4.94. The predicted octanol–water partition coefficient (Wildman–Crippen LogP) is 0.0318. The molecule has 0 fully saturated rings. The van der Waals surface area contributed by atoms with Gasteiger partial charge in [0, 0.05) is 12.8 Å². The Hall–Kier alpha value is -0.480. The van der Waals surface area contributed by atoms with E-state index in [0.29, 0.717) is 0 Å². The van der Waals surface area contributed by atoms with Crippen LogP contribution in [0.25, 0.3) is 0 Å². The molecular weight excluding hydrogens is 86.1 g/mol. The number of rotatable bonds is 2. The van der Waals surface area contributed by atoms with Crippen molar-refractivity contribution in [3.63, 3.8) is 0 Å². The monoisotopic (exact) mass is 98.1 g/mol. The van der Waals surface area contributed by atoms with Crippen LogP contribution in [-0.4, -0.2) is 6.54 Å². The molecule has 0 amide bonds. The van der Waals surface area contributed by atoms with E-state index in [9.17, 15) is 0 Å². The summed E-state index contributed by atoms with van der Waals surface area (Å²) in [6.45, 7) is 2.87. The van der Waals surface area contributed by atoms with Crippen LogP contribution < -0.4 is 5.73 Å². The molecule has 0 radical (unpaired) electrons. The van der Waals surface area contributed by atoms with Gasteiger partial charge in [0.05, 0.1) is 6.54 Å². The van der Waals surface area contributed by atoms with E-state index in [2.05, 4.69) is 17.6 Å². The molecule has 1 heteroatoms. The van der Waals surface area contributed by atoms with Crippen molar-refractivity contribution in [2.45, 2.75) is 19.8 Å². The second kappa shape index (κ2) is 5.52. The molecular formula is C6H12N+. The van der Waals surface area contributed by atoms with Gasteiger partial charge in [0.1, 0.15) is 0 Å². The van der Waals surface area contributed by atoms with Gasteiger partial charge in [0.15, 0.2) is 0 Å². The van der Waals surface area contributed by atoms with Crippen molar-refractivity contribution >= 4 is 0 Å². The molecule has 0 saturated carbocycles. The van der Waals surface area contributed by atoms with E-state index >= 15 is 0 Å². The van der Waals surface area contributed by atoms with E-state index < -0.39 is 0 Å². The van der Waals surface area contributed by atoms with Crippen LogP contribution in [0.3, 0.4) is 0 Å². The first-order valence-corrected chi connectivity index (χ1v) is 2.60. The van der Waals surface area contributed by atoms with Crippen molar-refractivity contribution in [3.05, 3.63) is 0 Å². The summed E-state index contributed by atoms with van der Waals surface area (Å²) in [7, 11) is 0. The zero-order valence-electron chi connectivity index (χ0n) is 4.83. The second-order valence-electron chi connectivity index (χ2n) is 1.38. The molecule has 40 valence electrons. The molecule has 0 saturated heterocycles. The molecule has 1 nitrogen and oxygen atoms in total. The summed E-state index contributed by atoms with van der Waals surface area (Å²) in [5.74, 6) is 5.78. The lowest BCUT2D eigenvalue weighted by atomic mass is 10.3. The molecule has 0 bridgehead atoms. The average Bonchev–Trinajstić information content (AvgIpc) is 1.69. The van der Waals surface area contributed by atoms with Gasteiger partial charge in [0.25, 0.3) is 0 Å².